The molecular weight excluding hydrogens is 388 g/mol. The van der Waals surface area contributed by atoms with Crippen LogP contribution in [0, 0.1) is 11.3 Å². The van der Waals surface area contributed by atoms with Crippen LogP contribution in [0.5, 0.6) is 0 Å². The largest absolute Gasteiger partial charge is 0.478 e. The summed E-state index contributed by atoms with van der Waals surface area (Å²) in [5, 5.41) is 20.9. The molecule has 0 aliphatic carbocycles. The number of carboxylic acid groups (broad SMARTS) is 1. The number of anilines is 2. The van der Waals surface area contributed by atoms with Gasteiger partial charge < -0.3 is 10.4 Å². The van der Waals surface area contributed by atoms with Gasteiger partial charge >= 0.3 is 5.97 Å². The average molecular weight is 396 g/mol. The van der Waals surface area contributed by atoms with Gasteiger partial charge in [-0.2, -0.15) is 5.26 Å². The van der Waals surface area contributed by atoms with E-state index in [1.807, 2.05) is 0 Å². The van der Waals surface area contributed by atoms with Crippen molar-refractivity contribution in [2.75, 3.05) is 5.32 Å². The highest BCUT2D eigenvalue weighted by Crippen LogP contribution is 2.29. The lowest BCUT2D eigenvalue weighted by Gasteiger charge is -2.10. The van der Waals surface area contributed by atoms with Gasteiger partial charge in [0.15, 0.2) is 0 Å². The molecule has 0 atom stereocenters. The molecule has 0 radical (unpaired) electrons. The smallest absolute Gasteiger partial charge is 0.335 e. The van der Waals surface area contributed by atoms with Crippen molar-refractivity contribution in [3.63, 3.8) is 0 Å². The Bertz CT molecular complexity index is 724. The summed E-state index contributed by atoms with van der Waals surface area (Å²) < 4.78 is 1.35. The summed E-state index contributed by atoms with van der Waals surface area (Å²) in [4.78, 5) is 10.9. The quantitative estimate of drug-likeness (QED) is 0.800. The van der Waals surface area contributed by atoms with Crippen LogP contribution in [0.2, 0.25) is 0 Å². The lowest BCUT2D eigenvalue weighted by molar-refractivity contribution is 0.0697. The second kappa shape index (κ2) is 6.07. The Morgan fingerprint density at radius 2 is 1.90 bits per heavy atom. The van der Waals surface area contributed by atoms with Crippen LogP contribution in [0.1, 0.15) is 15.9 Å². The summed E-state index contributed by atoms with van der Waals surface area (Å²) in [7, 11) is 0. The predicted octanol–water partition coefficient (Wildman–Crippen LogP) is 4.53. The SMILES string of the molecule is N#Cc1ccc(Nc2ccc(C(=O)O)cc2Br)cc1Br. The Balaban J connectivity index is 2.29. The number of carbonyl (C=O) groups is 1. The molecule has 0 bridgehead atoms. The summed E-state index contributed by atoms with van der Waals surface area (Å²) in [6.45, 7) is 0. The van der Waals surface area contributed by atoms with Gasteiger partial charge in [-0.25, -0.2) is 4.79 Å². The van der Waals surface area contributed by atoms with E-state index in [2.05, 4.69) is 43.2 Å². The number of hydrogen-bond donors (Lipinski definition) is 2. The molecule has 2 N–H and O–H groups in total. The molecule has 0 aliphatic rings. The molecule has 20 heavy (non-hydrogen) atoms. The van der Waals surface area contributed by atoms with E-state index in [9.17, 15) is 4.79 Å². The normalized spacial score (nSPS) is 9.85. The molecule has 0 spiro atoms. The Morgan fingerprint density at radius 1 is 1.15 bits per heavy atom. The molecule has 0 aromatic heterocycles. The molecule has 0 saturated heterocycles. The summed E-state index contributed by atoms with van der Waals surface area (Å²) in [6.07, 6.45) is 0. The number of halogens is 2. The molecule has 100 valence electrons. The number of nitrogens with zero attached hydrogens (tertiary/aromatic N) is 1. The van der Waals surface area contributed by atoms with E-state index < -0.39 is 5.97 Å². The molecule has 4 nitrogen and oxygen atoms in total. The van der Waals surface area contributed by atoms with Crippen LogP contribution < -0.4 is 5.32 Å². The van der Waals surface area contributed by atoms with Crippen LogP contribution in [0.25, 0.3) is 0 Å². The molecule has 0 aliphatic heterocycles. The Hall–Kier alpha value is -1.84. The lowest BCUT2D eigenvalue weighted by Crippen LogP contribution is -1.98. The monoisotopic (exact) mass is 394 g/mol. The minimum absolute atomic E-state index is 0.212. The molecule has 2 aromatic carbocycles. The van der Waals surface area contributed by atoms with Crippen LogP contribution in [0.15, 0.2) is 45.3 Å². The first-order valence-electron chi connectivity index (χ1n) is 5.51. The maximum absolute atomic E-state index is 10.9. The Morgan fingerprint density at radius 3 is 2.45 bits per heavy atom. The zero-order valence-corrected chi connectivity index (χ0v) is 13.2. The van der Waals surface area contributed by atoms with Crippen molar-refractivity contribution in [3.8, 4) is 6.07 Å². The molecule has 0 saturated carbocycles. The molecule has 2 rings (SSSR count). The van der Waals surface area contributed by atoms with E-state index in [1.54, 1.807) is 24.3 Å². The highest BCUT2D eigenvalue weighted by Gasteiger charge is 2.07. The van der Waals surface area contributed by atoms with Crippen LogP contribution in [0.4, 0.5) is 11.4 Å². The second-order valence-electron chi connectivity index (χ2n) is 3.93. The number of aromatic carboxylic acids is 1. The summed E-state index contributed by atoms with van der Waals surface area (Å²) in [5.74, 6) is -0.974. The van der Waals surface area contributed by atoms with E-state index in [1.165, 1.54) is 12.1 Å². The number of nitrogens with one attached hydrogen (secondary N) is 1. The minimum Gasteiger partial charge on any atom is -0.478 e. The van der Waals surface area contributed by atoms with Gasteiger partial charge in [-0.15, -0.1) is 0 Å². The summed E-state index contributed by atoms with van der Waals surface area (Å²) >= 11 is 6.65. The van der Waals surface area contributed by atoms with Crippen molar-refractivity contribution in [3.05, 3.63) is 56.5 Å². The Labute approximate surface area is 132 Å². The predicted molar refractivity (Wildman–Crippen MR) is 83.2 cm³/mol. The summed E-state index contributed by atoms with van der Waals surface area (Å²) in [6, 6.07) is 12.1. The van der Waals surface area contributed by atoms with Gasteiger partial charge in [-0.1, -0.05) is 0 Å². The second-order valence-corrected chi connectivity index (χ2v) is 5.64. The van der Waals surface area contributed by atoms with Crippen molar-refractivity contribution >= 4 is 49.2 Å². The molecule has 0 fully saturated rings. The van der Waals surface area contributed by atoms with Crippen molar-refractivity contribution in [2.24, 2.45) is 0 Å². The van der Waals surface area contributed by atoms with E-state index in [-0.39, 0.29) is 5.56 Å². The van der Waals surface area contributed by atoms with E-state index in [0.29, 0.717) is 14.5 Å². The first kappa shape index (κ1) is 14.6. The number of benzene rings is 2. The van der Waals surface area contributed by atoms with Crippen molar-refractivity contribution in [1.82, 2.24) is 0 Å². The van der Waals surface area contributed by atoms with Gasteiger partial charge in [0.05, 0.1) is 16.8 Å². The van der Waals surface area contributed by atoms with Gasteiger partial charge in [0.25, 0.3) is 0 Å². The first-order valence-corrected chi connectivity index (χ1v) is 7.09. The van der Waals surface area contributed by atoms with Crippen LogP contribution >= 0.6 is 31.9 Å². The standard InChI is InChI=1S/C14H8Br2N2O2/c15-11-6-10(3-1-9(11)7-17)18-13-4-2-8(14(19)20)5-12(13)16/h1-6,18H,(H,19,20). The zero-order chi connectivity index (χ0) is 14.7. The summed E-state index contributed by atoms with van der Waals surface area (Å²) in [5.41, 5.74) is 2.30. The fourth-order valence-electron chi connectivity index (χ4n) is 1.59. The van der Waals surface area contributed by atoms with E-state index in [0.717, 1.165) is 11.4 Å². The molecule has 2 aromatic rings. The zero-order valence-electron chi connectivity index (χ0n) is 10.0. The van der Waals surface area contributed by atoms with Gasteiger partial charge in [-0.05, 0) is 68.3 Å². The molecule has 0 amide bonds. The lowest BCUT2D eigenvalue weighted by atomic mass is 10.2. The topological polar surface area (TPSA) is 73.1 Å². The van der Waals surface area contributed by atoms with Gasteiger partial charge in [-0.3, -0.25) is 0 Å². The molecule has 0 unspecified atom stereocenters. The van der Waals surface area contributed by atoms with Gasteiger partial charge in [0, 0.05) is 14.6 Å². The van der Waals surface area contributed by atoms with E-state index in [4.69, 9.17) is 10.4 Å². The third-order valence-corrected chi connectivity index (χ3v) is 3.90. The number of carboxylic acids is 1. The number of nitriles is 1. The number of rotatable bonds is 3. The molecule has 6 heteroatoms. The third-order valence-electron chi connectivity index (χ3n) is 2.58. The van der Waals surface area contributed by atoms with E-state index >= 15 is 0 Å². The average Bonchev–Trinajstić information content (AvgIpc) is 2.41. The third kappa shape index (κ3) is 3.18. The number of hydrogen-bond acceptors (Lipinski definition) is 3. The Kier molecular flexibility index (Phi) is 4.42. The first-order chi connectivity index (χ1) is 9.51. The minimum atomic E-state index is -0.974. The highest BCUT2D eigenvalue weighted by atomic mass is 79.9. The fraction of sp³-hybridized carbons (Fsp3) is 0. The van der Waals surface area contributed by atoms with Crippen LogP contribution in [-0.2, 0) is 0 Å². The van der Waals surface area contributed by atoms with Crippen LogP contribution in [0.3, 0.4) is 0 Å². The molecule has 0 heterocycles. The fourth-order valence-corrected chi connectivity index (χ4v) is 2.53. The van der Waals surface area contributed by atoms with Gasteiger partial charge in [0.2, 0.25) is 0 Å². The van der Waals surface area contributed by atoms with Crippen LogP contribution in [-0.4, -0.2) is 11.1 Å². The van der Waals surface area contributed by atoms with Crippen molar-refractivity contribution in [1.29, 1.82) is 5.26 Å². The van der Waals surface area contributed by atoms with Gasteiger partial charge in [0.1, 0.15) is 6.07 Å². The van der Waals surface area contributed by atoms with Crippen molar-refractivity contribution in [2.45, 2.75) is 0 Å². The highest BCUT2D eigenvalue weighted by molar-refractivity contribution is 9.11. The molecular formula is C14H8Br2N2O2. The maximum Gasteiger partial charge on any atom is 0.335 e. The maximum atomic E-state index is 10.9. The van der Waals surface area contributed by atoms with Crippen molar-refractivity contribution < 1.29 is 9.90 Å².